The lowest BCUT2D eigenvalue weighted by Crippen LogP contribution is -2.37. The van der Waals surface area contributed by atoms with Gasteiger partial charge in [0.25, 0.3) is 0 Å². The molecule has 0 aliphatic rings. The van der Waals surface area contributed by atoms with E-state index in [4.69, 9.17) is 4.74 Å². The minimum absolute atomic E-state index is 0.217. The molecule has 1 aromatic carbocycles. The van der Waals surface area contributed by atoms with Gasteiger partial charge in [-0.05, 0) is 31.2 Å². The third kappa shape index (κ3) is 9.69. The molecule has 33 heavy (non-hydrogen) atoms. The van der Waals surface area contributed by atoms with Crippen LogP contribution in [0.25, 0.3) is 0 Å². The van der Waals surface area contributed by atoms with E-state index in [1.165, 1.54) is 0 Å². The lowest BCUT2D eigenvalue weighted by Gasteiger charge is -2.22. The second-order valence-corrected chi connectivity index (χ2v) is 7.05. The number of nitrogens with zero attached hydrogens (tertiary/aromatic N) is 3. The van der Waals surface area contributed by atoms with Gasteiger partial charge in [-0.2, -0.15) is 36.3 Å². The zero-order valence-corrected chi connectivity index (χ0v) is 18.4. The van der Waals surface area contributed by atoms with E-state index in [1.54, 1.807) is 31.2 Å². The van der Waals surface area contributed by atoms with E-state index in [9.17, 15) is 31.1 Å². The number of carbonyl (C=O) groups is 1. The first-order valence-electron chi connectivity index (χ1n) is 9.06. The van der Waals surface area contributed by atoms with E-state index in [-0.39, 0.29) is 13.3 Å². The Balaban J connectivity index is 2.28. The average Bonchev–Trinajstić information content (AvgIpc) is 2.71. The SMILES string of the molecule is CCOCN(C(=O)Nc1nc(OCC(F)(F)F)cc(OCC(F)(F)F)n1)c1ccc(Br)cc1. The molecule has 8 nitrogen and oxygen atoms in total. The smallest absolute Gasteiger partial charge is 0.422 e. The molecule has 0 bridgehead atoms. The molecule has 0 aliphatic carbocycles. The molecule has 1 N–H and O–H groups in total. The van der Waals surface area contributed by atoms with Gasteiger partial charge in [-0.15, -0.1) is 0 Å². The van der Waals surface area contributed by atoms with Gasteiger partial charge in [-0.1, -0.05) is 15.9 Å². The molecule has 0 atom stereocenters. The fraction of sp³-hybridized carbons (Fsp3) is 0.389. The number of carbonyl (C=O) groups excluding carboxylic acids is 1. The number of alkyl halides is 6. The van der Waals surface area contributed by atoms with E-state index in [0.29, 0.717) is 11.8 Å². The quantitative estimate of drug-likeness (QED) is 0.345. The number of hydrogen-bond donors (Lipinski definition) is 1. The Bertz CT molecular complexity index is 891. The summed E-state index contributed by atoms with van der Waals surface area (Å²) in [7, 11) is 0. The normalized spacial score (nSPS) is 11.8. The van der Waals surface area contributed by atoms with Crippen LogP contribution in [0.5, 0.6) is 11.8 Å². The molecule has 15 heteroatoms. The number of hydrogen-bond acceptors (Lipinski definition) is 6. The summed E-state index contributed by atoms with van der Waals surface area (Å²) in [4.78, 5) is 21.1. The number of rotatable bonds is 9. The molecule has 0 aliphatic heterocycles. The fourth-order valence-electron chi connectivity index (χ4n) is 2.14. The van der Waals surface area contributed by atoms with Crippen LogP contribution >= 0.6 is 15.9 Å². The Labute approximate surface area is 192 Å². The van der Waals surface area contributed by atoms with Crippen molar-refractivity contribution in [1.29, 1.82) is 0 Å². The number of benzene rings is 1. The second-order valence-electron chi connectivity index (χ2n) is 6.13. The van der Waals surface area contributed by atoms with E-state index in [1.807, 2.05) is 0 Å². The zero-order chi connectivity index (χ0) is 24.6. The summed E-state index contributed by atoms with van der Waals surface area (Å²) in [5.74, 6) is -2.15. The van der Waals surface area contributed by atoms with Gasteiger partial charge in [0.1, 0.15) is 6.73 Å². The Morgan fingerprint density at radius 1 is 1.00 bits per heavy atom. The number of halogens is 7. The number of amides is 2. The number of ether oxygens (including phenoxy) is 3. The van der Waals surface area contributed by atoms with Gasteiger partial charge in [0.15, 0.2) is 13.2 Å². The van der Waals surface area contributed by atoms with Crippen molar-refractivity contribution in [2.24, 2.45) is 0 Å². The summed E-state index contributed by atoms with van der Waals surface area (Å²) in [5, 5.41) is 2.19. The minimum Gasteiger partial charge on any atom is -0.468 e. The lowest BCUT2D eigenvalue weighted by molar-refractivity contribution is -0.154. The van der Waals surface area contributed by atoms with Crippen molar-refractivity contribution in [3.05, 3.63) is 34.8 Å². The highest BCUT2D eigenvalue weighted by Gasteiger charge is 2.30. The van der Waals surface area contributed by atoms with Gasteiger partial charge < -0.3 is 14.2 Å². The van der Waals surface area contributed by atoms with Crippen LogP contribution in [0.2, 0.25) is 0 Å². The zero-order valence-electron chi connectivity index (χ0n) is 16.8. The lowest BCUT2D eigenvalue weighted by atomic mass is 10.3. The van der Waals surface area contributed by atoms with Crippen LogP contribution in [0.3, 0.4) is 0 Å². The summed E-state index contributed by atoms with van der Waals surface area (Å²) in [6.07, 6.45) is -9.48. The summed E-state index contributed by atoms with van der Waals surface area (Å²) < 4.78 is 89.6. The highest BCUT2D eigenvalue weighted by atomic mass is 79.9. The summed E-state index contributed by atoms with van der Waals surface area (Å²) in [5.41, 5.74) is 0.377. The standard InChI is InChI=1S/C18H17BrF6N4O4/c1-2-31-10-29(12-5-3-11(19)4-6-12)16(30)28-15-26-13(32-8-17(20,21)22)7-14(27-15)33-9-18(23,24)25/h3-7H,2,8-10H2,1H3,(H,26,27,28,30). The summed E-state index contributed by atoms with van der Waals surface area (Å²) in [6, 6.07) is 6.20. The van der Waals surface area contributed by atoms with E-state index in [0.717, 1.165) is 9.37 Å². The molecule has 0 fully saturated rings. The molecule has 0 spiro atoms. The monoisotopic (exact) mass is 546 g/mol. The summed E-state index contributed by atoms with van der Waals surface area (Å²) in [6.45, 7) is -1.82. The minimum atomic E-state index is -4.74. The first-order valence-corrected chi connectivity index (χ1v) is 9.85. The van der Waals surface area contributed by atoms with Crippen LogP contribution in [0.4, 0.5) is 42.8 Å². The predicted molar refractivity (Wildman–Crippen MR) is 107 cm³/mol. The Hall–Kier alpha value is -2.81. The average molecular weight is 547 g/mol. The van der Waals surface area contributed by atoms with Crippen molar-refractivity contribution >= 4 is 33.6 Å². The van der Waals surface area contributed by atoms with Crippen molar-refractivity contribution in [3.63, 3.8) is 0 Å². The maximum atomic E-state index is 12.8. The van der Waals surface area contributed by atoms with Crippen molar-refractivity contribution in [1.82, 2.24) is 9.97 Å². The molecule has 2 rings (SSSR count). The van der Waals surface area contributed by atoms with Crippen molar-refractivity contribution < 1.29 is 45.3 Å². The Morgan fingerprint density at radius 2 is 1.52 bits per heavy atom. The maximum absolute atomic E-state index is 12.8. The molecular formula is C18H17BrF6N4O4. The first-order chi connectivity index (χ1) is 15.4. The third-order valence-corrected chi connectivity index (χ3v) is 4.00. The highest BCUT2D eigenvalue weighted by Crippen LogP contribution is 2.25. The molecule has 0 saturated carbocycles. The van der Waals surface area contributed by atoms with Crippen LogP contribution in [-0.2, 0) is 4.74 Å². The molecule has 182 valence electrons. The highest BCUT2D eigenvalue weighted by molar-refractivity contribution is 9.10. The molecule has 2 amide bonds. The topological polar surface area (TPSA) is 85.8 Å². The predicted octanol–water partition coefficient (Wildman–Crippen LogP) is 5.15. The van der Waals surface area contributed by atoms with Gasteiger partial charge in [-0.3, -0.25) is 10.2 Å². The van der Waals surface area contributed by atoms with Crippen molar-refractivity contribution in [2.75, 3.05) is 36.8 Å². The molecule has 1 heterocycles. The molecule has 0 unspecified atom stereocenters. The van der Waals surface area contributed by atoms with Crippen LogP contribution in [0.15, 0.2) is 34.8 Å². The van der Waals surface area contributed by atoms with Gasteiger partial charge >= 0.3 is 18.4 Å². The van der Waals surface area contributed by atoms with Gasteiger partial charge in [-0.25, -0.2) is 4.79 Å². The van der Waals surface area contributed by atoms with Crippen LogP contribution < -0.4 is 19.7 Å². The van der Waals surface area contributed by atoms with E-state index in [2.05, 4.69) is 40.7 Å². The number of nitrogens with one attached hydrogen (secondary N) is 1. The molecular weight excluding hydrogens is 530 g/mol. The number of urea groups is 1. The van der Waals surface area contributed by atoms with Gasteiger partial charge in [0.2, 0.25) is 17.7 Å². The second kappa shape index (κ2) is 11.4. The van der Waals surface area contributed by atoms with Crippen LogP contribution in [0.1, 0.15) is 6.92 Å². The van der Waals surface area contributed by atoms with E-state index < -0.39 is 49.3 Å². The maximum Gasteiger partial charge on any atom is 0.422 e. The third-order valence-electron chi connectivity index (χ3n) is 3.47. The van der Waals surface area contributed by atoms with Crippen molar-refractivity contribution in [3.8, 4) is 11.8 Å². The molecule has 0 saturated heterocycles. The first kappa shape index (κ1) is 26.4. The molecule has 1 aromatic heterocycles. The number of aromatic nitrogens is 2. The van der Waals surface area contributed by atoms with Crippen molar-refractivity contribution in [2.45, 2.75) is 19.3 Å². The fourth-order valence-corrected chi connectivity index (χ4v) is 2.40. The van der Waals surface area contributed by atoms with E-state index >= 15 is 0 Å². The van der Waals surface area contributed by atoms with Gasteiger partial charge in [0.05, 0.1) is 6.07 Å². The van der Waals surface area contributed by atoms with Crippen LogP contribution in [0, 0.1) is 0 Å². The molecule has 0 radical (unpaired) electrons. The Morgan fingerprint density at radius 3 is 1.97 bits per heavy atom. The number of anilines is 2. The van der Waals surface area contributed by atoms with Crippen LogP contribution in [-0.4, -0.2) is 54.9 Å². The largest absolute Gasteiger partial charge is 0.468 e. The Kier molecular flexibility index (Phi) is 9.10. The molecule has 2 aromatic rings. The summed E-state index contributed by atoms with van der Waals surface area (Å²) >= 11 is 3.25. The van der Waals surface area contributed by atoms with Gasteiger partial charge in [0, 0.05) is 16.8 Å².